The van der Waals surface area contributed by atoms with Crippen molar-refractivity contribution in [3.8, 4) is 45.2 Å². The Morgan fingerprint density at radius 3 is 2.06 bits per heavy atom. The fraction of sp³-hybridized carbons (Fsp3) is 0.247. The van der Waals surface area contributed by atoms with E-state index in [9.17, 15) is 9.59 Å². The quantitative estimate of drug-likeness (QED) is 0.0311. The molecule has 3 unspecified atom stereocenters. The summed E-state index contributed by atoms with van der Waals surface area (Å²) in [7, 11) is 1.37. The molecule has 3 atom stereocenters. The number of esters is 2. The van der Waals surface area contributed by atoms with Crippen LogP contribution in [0.3, 0.4) is 0 Å². The molecule has 3 aromatic heterocycles. The summed E-state index contributed by atoms with van der Waals surface area (Å²) in [5.41, 5.74) is 22.1. The smallest absolute Gasteiger partial charge is 0.311 e. The van der Waals surface area contributed by atoms with Crippen LogP contribution in [0, 0.1) is 77.5 Å². The minimum absolute atomic E-state index is 0. The van der Waals surface area contributed by atoms with Crippen LogP contribution in [0.2, 0.25) is 0 Å². The molecule has 0 N–H and O–H groups in total. The number of fused-ring (bicyclic) bond motifs is 12. The maximum absolute atomic E-state index is 13.5. The number of rotatable bonds is 16. The first-order valence-corrected chi connectivity index (χ1v) is 33.0. The molecule has 9 aromatic carbocycles. The van der Waals surface area contributed by atoms with E-state index in [2.05, 4.69) is 209 Å². The van der Waals surface area contributed by atoms with Crippen molar-refractivity contribution in [1.82, 2.24) is 18.9 Å². The van der Waals surface area contributed by atoms with E-state index in [4.69, 9.17) is 24.2 Å². The third-order valence-corrected chi connectivity index (χ3v) is 18.8. The van der Waals surface area contributed by atoms with Crippen LogP contribution in [0.25, 0.3) is 66.8 Å². The maximum Gasteiger partial charge on any atom is 0.311 e. The first-order chi connectivity index (χ1) is 46.3. The third kappa shape index (κ3) is 15.6. The second-order valence-electron chi connectivity index (χ2n) is 26.5. The fourth-order valence-corrected chi connectivity index (χ4v) is 14.2. The minimum atomic E-state index is -0.880. The van der Waals surface area contributed by atoms with Crippen LogP contribution in [0.1, 0.15) is 115 Å². The van der Waals surface area contributed by atoms with E-state index in [0.717, 1.165) is 51.4 Å². The molecule has 0 spiro atoms. The Morgan fingerprint density at radius 1 is 0.646 bits per heavy atom. The molecule has 14 heteroatoms. The summed E-state index contributed by atoms with van der Waals surface area (Å²) < 4.78 is 23.4. The van der Waals surface area contributed by atoms with E-state index < -0.39 is 10.8 Å². The number of hydrogen-bond acceptors (Lipinski definition) is 8. The molecule has 5 heterocycles. The standard InChI is InChI=1S/C37H43N2O5.C25H21N2.C23H18N2.3Ir/c1-27(29-13-8-7-9-14-29)20-21-37(5,26-36(3,4)34(40)42-6)35(41)44-25-24-43-31-18-16-30(17-19-31)33-38-22-23-39(33)32-15-11-10-12-28(32)2;1-15-9-10-20-19-7-5-6-8-21(19)25-26-14-23(27(25)22(20)13-15)24-17(3)11-16(2)12-18(24)4;1-15-8-7-9-16(2)22(15)21-14-24-23-19-12-4-3-10-17(19)18-11-5-6-13-20(18)25(21)23;;;/h7-16,18-19,22-23,27H,20-21,24-26H2,1-6H3;5-7,9-14H,1-4H3;3-11,13-14,23H,1-2H3;;;/q2*-1;;;;. The second-order valence-corrected chi connectivity index (χ2v) is 26.5. The molecule has 2 aliphatic rings. The molecule has 11 nitrogen and oxygen atoms in total. The number of aliphatic imine (C=N–C) groups is 1. The summed E-state index contributed by atoms with van der Waals surface area (Å²) in [5.74, 6) is 0.961. The summed E-state index contributed by atoms with van der Waals surface area (Å²) in [4.78, 5) is 40.3. The number of hydrogen-bond donors (Lipinski definition) is 0. The van der Waals surface area contributed by atoms with Gasteiger partial charge in [0.15, 0.2) is 0 Å². The van der Waals surface area contributed by atoms with Gasteiger partial charge in [0.25, 0.3) is 6.17 Å². The van der Waals surface area contributed by atoms with E-state index >= 15 is 0 Å². The molecule has 0 aliphatic carbocycles. The SMILES string of the molecule is COC(=O)C(C)(C)CC(C)(CCC(C)c1ccccc1)C(=O)OCCOc1c[c-]c(-c2nccn2-c2ccccc2C)cc1.Cc1cc(C)c(-c2cnc3c4[c-]cccc4c4ccc(C)cc4n23)c(C)c1.Cc1cccc(C)c1C1=[N+]2c3ccccc3-c3ccc[c-]c3C2N=C1.[Ir].[Ir].[Ir]. The van der Waals surface area contributed by atoms with Gasteiger partial charge in [0.1, 0.15) is 19.4 Å². The zero-order valence-electron chi connectivity index (χ0n) is 58.0. The van der Waals surface area contributed by atoms with Gasteiger partial charge in [-0.25, -0.2) is 4.99 Å². The second kappa shape index (κ2) is 32.2. The van der Waals surface area contributed by atoms with Gasteiger partial charge in [0, 0.05) is 107 Å². The van der Waals surface area contributed by atoms with Gasteiger partial charge in [-0.1, -0.05) is 133 Å². The Balaban J connectivity index is 0.000000179. The summed E-state index contributed by atoms with van der Waals surface area (Å²) in [6.07, 6.45) is 9.38. The van der Waals surface area contributed by atoms with Gasteiger partial charge < -0.3 is 23.2 Å². The van der Waals surface area contributed by atoms with Gasteiger partial charge >= 0.3 is 11.9 Å². The molecule has 2 aliphatic heterocycles. The number of para-hydroxylation sites is 2. The number of carbonyl (C=O) groups excluding carboxylic acids is 2. The van der Waals surface area contributed by atoms with E-state index in [-0.39, 0.29) is 97.6 Å². The van der Waals surface area contributed by atoms with Gasteiger partial charge in [-0.3, -0.25) is 19.6 Å². The molecule has 0 saturated heterocycles. The van der Waals surface area contributed by atoms with Gasteiger partial charge in [-0.05, 0) is 156 Å². The van der Waals surface area contributed by atoms with Crippen LogP contribution in [0.15, 0.2) is 206 Å². The largest absolute Gasteiger partial charge is 0.533 e. The van der Waals surface area contributed by atoms with Crippen LogP contribution >= 0.6 is 0 Å². The Kier molecular flexibility index (Phi) is 24.3. The van der Waals surface area contributed by atoms with Crippen LogP contribution in [-0.2, 0) is 79.4 Å². The van der Waals surface area contributed by atoms with Gasteiger partial charge in [-0.15, -0.1) is 65.0 Å². The summed E-state index contributed by atoms with van der Waals surface area (Å²) in [6, 6.07) is 72.7. The van der Waals surface area contributed by atoms with Crippen molar-refractivity contribution in [2.45, 2.75) is 108 Å². The molecule has 99 heavy (non-hydrogen) atoms. The molecular formula is C85H82Ir3N6O5-2. The summed E-state index contributed by atoms with van der Waals surface area (Å²) in [5, 5.41) is 3.51. The first kappa shape index (κ1) is 74.6. The van der Waals surface area contributed by atoms with Crippen LogP contribution in [-0.4, -0.2) is 67.7 Å². The summed E-state index contributed by atoms with van der Waals surface area (Å²) in [6.45, 7) is 23.0. The number of ether oxygens (including phenoxy) is 3. The molecular weight excluding hydrogens is 1760 g/mol. The van der Waals surface area contributed by atoms with Crippen molar-refractivity contribution < 1.29 is 88.7 Å². The van der Waals surface area contributed by atoms with Crippen molar-refractivity contribution in [3.63, 3.8) is 0 Å². The molecule has 3 radical (unpaired) electrons. The van der Waals surface area contributed by atoms with Gasteiger partial charge in [0.05, 0.1) is 40.7 Å². The number of benzene rings is 9. The van der Waals surface area contributed by atoms with E-state index in [1.54, 1.807) is 12.3 Å². The van der Waals surface area contributed by atoms with Crippen molar-refractivity contribution in [2.24, 2.45) is 15.8 Å². The normalized spacial score (nSPS) is 13.6. The monoisotopic (exact) mass is 1850 g/mol. The van der Waals surface area contributed by atoms with Crippen LogP contribution in [0.5, 0.6) is 5.75 Å². The molecule has 511 valence electrons. The Hall–Kier alpha value is -8.57. The van der Waals surface area contributed by atoms with Crippen molar-refractivity contribution in [1.29, 1.82) is 0 Å². The predicted octanol–water partition coefficient (Wildman–Crippen LogP) is 19.1. The number of aromatic nitrogens is 4. The number of nitrogens with zero attached hydrogens (tertiary/aromatic N) is 6. The fourth-order valence-electron chi connectivity index (χ4n) is 14.2. The number of methoxy groups -OCH3 is 1. The predicted molar refractivity (Wildman–Crippen MR) is 387 cm³/mol. The zero-order chi connectivity index (χ0) is 67.4. The number of carbonyl (C=O) groups is 2. The molecule has 0 fully saturated rings. The van der Waals surface area contributed by atoms with E-state index in [0.29, 0.717) is 18.6 Å². The first-order valence-electron chi connectivity index (χ1n) is 33.0. The Morgan fingerprint density at radius 2 is 1.33 bits per heavy atom. The van der Waals surface area contributed by atoms with E-state index in [1.165, 1.54) is 96.0 Å². The minimum Gasteiger partial charge on any atom is -0.533 e. The van der Waals surface area contributed by atoms with Crippen LogP contribution < -0.4 is 4.74 Å². The number of imidazole rings is 2. The zero-order valence-corrected chi connectivity index (χ0v) is 65.2. The Labute approximate surface area is 622 Å². The molecule has 0 amide bonds. The van der Waals surface area contributed by atoms with Crippen LogP contribution in [0.4, 0.5) is 5.69 Å². The third-order valence-electron chi connectivity index (χ3n) is 18.8. The summed E-state index contributed by atoms with van der Waals surface area (Å²) >= 11 is 0. The number of aryl methyl sites for hydroxylation is 7. The van der Waals surface area contributed by atoms with Crippen molar-refractivity contribution in [2.75, 3.05) is 20.3 Å². The van der Waals surface area contributed by atoms with Gasteiger partial charge in [-0.2, -0.15) is 28.8 Å². The van der Waals surface area contributed by atoms with E-state index in [1.807, 2.05) is 98.5 Å². The molecule has 12 aromatic rings. The van der Waals surface area contributed by atoms with Crippen molar-refractivity contribution in [3.05, 3.63) is 274 Å². The van der Waals surface area contributed by atoms with Crippen molar-refractivity contribution >= 4 is 56.9 Å². The maximum atomic E-state index is 13.5. The molecule has 0 bridgehead atoms. The molecule has 0 saturated carbocycles. The topological polar surface area (TPSA) is 112 Å². The van der Waals surface area contributed by atoms with Gasteiger partial charge in [0.2, 0.25) is 11.4 Å². The Bertz CT molecular complexity index is 4910. The average Bonchev–Trinajstić information content (AvgIpc) is 1.66. The molecule has 14 rings (SSSR count). The average molecular weight is 1840 g/mol. The number of pyridine rings is 1.